The summed E-state index contributed by atoms with van der Waals surface area (Å²) >= 11 is 7.17. The lowest BCUT2D eigenvalue weighted by molar-refractivity contribution is 1.72. The minimum Gasteiger partial charge on any atom is -0.288 e. The molecule has 0 amide bonds. The normalized spacial score (nSPS) is 10.4. The first-order valence-electron chi connectivity index (χ1n) is 3.45. The third-order valence-electron chi connectivity index (χ3n) is 1.64. The van der Waals surface area contributed by atoms with E-state index in [0.717, 1.165) is 4.70 Å². The first-order chi connectivity index (χ1) is 5.79. The Labute approximate surface area is 78.2 Å². The van der Waals surface area contributed by atoms with Crippen molar-refractivity contribution in [1.29, 1.82) is 0 Å². The summed E-state index contributed by atoms with van der Waals surface area (Å²) in [6.07, 6.45) is 0. The van der Waals surface area contributed by atoms with Crippen molar-refractivity contribution in [3.8, 4) is 0 Å². The summed E-state index contributed by atoms with van der Waals surface area (Å²) in [7, 11) is 0. The highest BCUT2D eigenvalue weighted by Crippen LogP contribution is 2.17. The Balaban J connectivity index is 3.01. The van der Waals surface area contributed by atoms with Crippen LogP contribution in [0.4, 0.5) is 0 Å². The second kappa shape index (κ2) is 2.88. The van der Waals surface area contributed by atoms with Gasteiger partial charge in [-0.3, -0.25) is 4.79 Å². The molecule has 0 aliphatic heterocycles. The molecule has 0 N–H and O–H groups in total. The van der Waals surface area contributed by atoms with Gasteiger partial charge < -0.3 is 0 Å². The van der Waals surface area contributed by atoms with E-state index in [9.17, 15) is 4.79 Å². The van der Waals surface area contributed by atoms with Gasteiger partial charge in [0, 0.05) is 15.5 Å². The van der Waals surface area contributed by atoms with Crippen molar-refractivity contribution in [2.24, 2.45) is 0 Å². The van der Waals surface area contributed by atoms with Crippen molar-refractivity contribution in [2.45, 2.75) is 0 Å². The number of fused-ring (bicyclic) bond motifs is 1. The standard InChI is InChI=1S/C9H5ClOS/c10-7-5-12-8-4-2-1-3-6(8)9(7)11/h1-5H. The SMILES string of the molecule is O=c1c(Cl)csc2ccccc12. The Kier molecular flexibility index (Phi) is 1.87. The van der Waals surface area contributed by atoms with Crippen LogP contribution in [-0.4, -0.2) is 0 Å². The van der Waals surface area contributed by atoms with E-state index in [4.69, 9.17) is 11.6 Å². The zero-order valence-electron chi connectivity index (χ0n) is 6.08. The van der Waals surface area contributed by atoms with E-state index < -0.39 is 0 Å². The van der Waals surface area contributed by atoms with Crippen LogP contribution in [0, 0.1) is 0 Å². The maximum atomic E-state index is 11.4. The minimum atomic E-state index is -0.0778. The average Bonchev–Trinajstić information content (AvgIpc) is 2.12. The van der Waals surface area contributed by atoms with Crippen LogP contribution in [0.2, 0.25) is 5.02 Å². The van der Waals surface area contributed by atoms with Gasteiger partial charge in [0.1, 0.15) is 0 Å². The number of halogens is 1. The molecule has 12 heavy (non-hydrogen) atoms. The largest absolute Gasteiger partial charge is 0.288 e. The van der Waals surface area contributed by atoms with Crippen LogP contribution in [0.1, 0.15) is 0 Å². The monoisotopic (exact) mass is 196 g/mol. The number of hydrogen-bond donors (Lipinski definition) is 0. The summed E-state index contributed by atoms with van der Waals surface area (Å²) in [6, 6.07) is 7.46. The summed E-state index contributed by atoms with van der Waals surface area (Å²) in [5.74, 6) is 0. The van der Waals surface area contributed by atoms with Crippen molar-refractivity contribution >= 4 is 33.0 Å². The molecule has 1 heterocycles. The molecule has 3 heteroatoms. The maximum Gasteiger partial charge on any atom is 0.206 e. The Morgan fingerprint density at radius 2 is 2.00 bits per heavy atom. The van der Waals surface area contributed by atoms with E-state index >= 15 is 0 Å². The molecule has 0 fully saturated rings. The fourth-order valence-corrected chi connectivity index (χ4v) is 2.07. The highest BCUT2D eigenvalue weighted by atomic mass is 35.5. The quantitative estimate of drug-likeness (QED) is 0.633. The van der Waals surface area contributed by atoms with Crippen molar-refractivity contribution in [1.82, 2.24) is 0 Å². The van der Waals surface area contributed by atoms with Crippen molar-refractivity contribution in [3.05, 3.63) is 44.9 Å². The molecule has 1 nitrogen and oxygen atoms in total. The van der Waals surface area contributed by atoms with Crippen LogP contribution in [0.5, 0.6) is 0 Å². The molecule has 0 aliphatic carbocycles. The molecular formula is C9H5ClOS. The van der Waals surface area contributed by atoms with Crippen LogP contribution in [0.15, 0.2) is 34.4 Å². The molecule has 0 saturated heterocycles. The van der Waals surface area contributed by atoms with E-state index in [1.807, 2.05) is 18.2 Å². The van der Waals surface area contributed by atoms with E-state index in [0.29, 0.717) is 10.4 Å². The van der Waals surface area contributed by atoms with Gasteiger partial charge in [0.15, 0.2) is 0 Å². The molecule has 0 atom stereocenters. The smallest absolute Gasteiger partial charge is 0.206 e. The molecular weight excluding hydrogens is 192 g/mol. The molecule has 0 aliphatic rings. The number of hydrogen-bond acceptors (Lipinski definition) is 2. The Hall–Kier alpha value is -0.860. The molecule has 0 saturated carbocycles. The summed E-state index contributed by atoms with van der Waals surface area (Å²) in [6.45, 7) is 0. The highest BCUT2D eigenvalue weighted by molar-refractivity contribution is 7.16. The van der Waals surface area contributed by atoms with Gasteiger partial charge in [0.05, 0.1) is 5.02 Å². The van der Waals surface area contributed by atoms with Gasteiger partial charge in [0.2, 0.25) is 5.43 Å². The molecule has 0 bridgehead atoms. The van der Waals surface area contributed by atoms with Crippen LogP contribution in [0.3, 0.4) is 0 Å². The van der Waals surface area contributed by atoms with Crippen molar-refractivity contribution in [2.75, 3.05) is 0 Å². The van der Waals surface area contributed by atoms with Gasteiger partial charge in [-0.2, -0.15) is 0 Å². The van der Waals surface area contributed by atoms with E-state index in [1.165, 1.54) is 11.3 Å². The zero-order valence-corrected chi connectivity index (χ0v) is 7.65. The molecule has 1 aromatic carbocycles. The first-order valence-corrected chi connectivity index (χ1v) is 4.71. The first kappa shape index (κ1) is 7.77. The van der Waals surface area contributed by atoms with E-state index in [-0.39, 0.29) is 5.43 Å². The predicted molar refractivity (Wildman–Crippen MR) is 53.1 cm³/mol. The van der Waals surface area contributed by atoms with E-state index in [1.54, 1.807) is 11.4 Å². The number of rotatable bonds is 0. The van der Waals surface area contributed by atoms with Crippen molar-refractivity contribution < 1.29 is 0 Å². The molecule has 2 aromatic rings. The second-order valence-electron chi connectivity index (χ2n) is 2.41. The average molecular weight is 197 g/mol. The van der Waals surface area contributed by atoms with Gasteiger partial charge in [-0.15, -0.1) is 11.3 Å². The molecule has 0 unspecified atom stereocenters. The molecule has 0 spiro atoms. The van der Waals surface area contributed by atoms with Gasteiger partial charge in [-0.25, -0.2) is 0 Å². The third-order valence-corrected chi connectivity index (χ3v) is 3.01. The molecule has 2 rings (SSSR count). The van der Waals surface area contributed by atoms with E-state index in [2.05, 4.69) is 0 Å². The van der Waals surface area contributed by atoms with Gasteiger partial charge in [-0.1, -0.05) is 23.7 Å². The lowest BCUT2D eigenvalue weighted by atomic mass is 10.2. The second-order valence-corrected chi connectivity index (χ2v) is 3.73. The third kappa shape index (κ3) is 1.13. The van der Waals surface area contributed by atoms with Crippen molar-refractivity contribution in [3.63, 3.8) is 0 Å². The number of benzene rings is 1. The minimum absolute atomic E-state index is 0.0778. The predicted octanol–water partition coefficient (Wildman–Crippen LogP) is 2.91. The maximum absolute atomic E-state index is 11.4. The van der Waals surface area contributed by atoms with Gasteiger partial charge in [-0.05, 0) is 12.1 Å². The highest BCUT2D eigenvalue weighted by Gasteiger charge is 2.00. The Morgan fingerprint density at radius 3 is 2.83 bits per heavy atom. The van der Waals surface area contributed by atoms with Crippen LogP contribution in [-0.2, 0) is 0 Å². The topological polar surface area (TPSA) is 17.1 Å². The van der Waals surface area contributed by atoms with Gasteiger partial charge in [0.25, 0.3) is 0 Å². The molecule has 60 valence electrons. The van der Waals surface area contributed by atoms with Crippen LogP contribution < -0.4 is 5.43 Å². The summed E-state index contributed by atoms with van der Waals surface area (Å²) in [5.41, 5.74) is -0.0778. The lowest BCUT2D eigenvalue weighted by Crippen LogP contribution is -1.99. The Morgan fingerprint density at radius 1 is 1.25 bits per heavy atom. The van der Waals surface area contributed by atoms with Crippen LogP contribution in [0.25, 0.3) is 10.1 Å². The Bertz CT molecular complexity index is 475. The lowest BCUT2D eigenvalue weighted by Gasteiger charge is -1.93. The molecule has 0 radical (unpaired) electrons. The summed E-state index contributed by atoms with van der Waals surface area (Å²) in [4.78, 5) is 11.4. The van der Waals surface area contributed by atoms with Crippen LogP contribution >= 0.6 is 22.9 Å². The zero-order chi connectivity index (χ0) is 8.55. The summed E-state index contributed by atoms with van der Waals surface area (Å²) < 4.78 is 0.979. The summed E-state index contributed by atoms with van der Waals surface area (Å²) in [5, 5.41) is 2.68. The fourth-order valence-electron chi connectivity index (χ4n) is 1.05. The molecule has 1 aromatic heterocycles. The van der Waals surface area contributed by atoms with Gasteiger partial charge >= 0.3 is 0 Å². The fraction of sp³-hybridized carbons (Fsp3) is 0.